The standard InChI is InChI=1S/C22H18NO2/c24-21(12-11-18-7-3-1-4-8-18)20-13-15-23(16-14-20)17-22(25)19-9-5-2-6-10-19/h1-16H,17H2/q+1. The molecule has 25 heavy (non-hydrogen) atoms. The molecule has 0 aliphatic carbocycles. The molecule has 0 amide bonds. The molecule has 0 N–H and O–H groups in total. The number of allylic oxidation sites excluding steroid dienone is 1. The van der Waals surface area contributed by atoms with Crippen molar-refractivity contribution in [3.8, 4) is 0 Å². The van der Waals surface area contributed by atoms with Gasteiger partial charge in [0.05, 0.1) is 0 Å². The average Bonchev–Trinajstić information content (AvgIpc) is 2.68. The van der Waals surface area contributed by atoms with Crippen molar-refractivity contribution in [2.45, 2.75) is 6.54 Å². The first-order chi connectivity index (χ1) is 12.2. The molecule has 3 nitrogen and oxygen atoms in total. The summed E-state index contributed by atoms with van der Waals surface area (Å²) in [5.41, 5.74) is 2.26. The van der Waals surface area contributed by atoms with Gasteiger partial charge in [-0.2, -0.15) is 4.57 Å². The highest BCUT2D eigenvalue weighted by atomic mass is 16.1. The van der Waals surface area contributed by atoms with Crippen molar-refractivity contribution in [3.05, 3.63) is 108 Å². The molecule has 3 rings (SSSR count). The van der Waals surface area contributed by atoms with E-state index >= 15 is 0 Å². The van der Waals surface area contributed by atoms with Crippen LogP contribution in [0.1, 0.15) is 26.3 Å². The minimum absolute atomic E-state index is 0.0358. The molecule has 0 spiro atoms. The van der Waals surface area contributed by atoms with Gasteiger partial charge in [0.25, 0.3) is 0 Å². The molecule has 0 bridgehead atoms. The van der Waals surface area contributed by atoms with E-state index in [9.17, 15) is 9.59 Å². The SMILES string of the molecule is O=C(C=Cc1ccccc1)c1cc[n+](CC(=O)c2ccccc2)cc1. The Morgan fingerprint density at radius 1 is 0.760 bits per heavy atom. The lowest BCUT2D eigenvalue weighted by molar-refractivity contribution is -0.683. The number of carbonyl (C=O) groups excluding carboxylic acids is 2. The number of nitrogens with zero attached hydrogens (tertiary/aromatic N) is 1. The minimum atomic E-state index is -0.0645. The van der Waals surface area contributed by atoms with Crippen LogP contribution >= 0.6 is 0 Å². The third-order valence-electron chi connectivity index (χ3n) is 3.82. The zero-order valence-corrected chi connectivity index (χ0v) is 13.7. The first-order valence-corrected chi connectivity index (χ1v) is 8.07. The molecule has 0 fully saturated rings. The van der Waals surface area contributed by atoms with Crippen LogP contribution in [0, 0.1) is 0 Å². The Morgan fingerprint density at radius 2 is 1.36 bits per heavy atom. The van der Waals surface area contributed by atoms with Gasteiger partial charge in [-0.15, -0.1) is 0 Å². The van der Waals surface area contributed by atoms with Gasteiger partial charge in [0, 0.05) is 23.3 Å². The molecule has 0 unspecified atom stereocenters. The summed E-state index contributed by atoms with van der Waals surface area (Å²) >= 11 is 0. The van der Waals surface area contributed by atoms with Gasteiger partial charge >= 0.3 is 0 Å². The van der Waals surface area contributed by atoms with E-state index in [1.807, 2.05) is 48.5 Å². The monoisotopic (exact) mass is 328 g/mol. The molecule has 0 saturated carbocycles. The largest absolute Gasteiger partial charge is 0.289 e. The van der Waals surface area contributed by atoms with Crippen molar-refractivity contribution in [2.24, 2.45) is 0 Å². The highest BCUT2D eigenvalue weighted by Crippen LogP contribution is 2.05. The van der Waals surface area contributed by atoms with Crippen LogP contribution in [0.15, 0.2) is 91.3 Å². The normalized spacial score (nSPS) is 10.7. The van der Waals surface area contributed by atoms with Crippen LogP contribution in [0.4, 0.5) is 0 Å². The van der Waals surface area contributed by atoms with Crippen molar-refractivity contribution in [1.82, 2.24) is 0 Å². The number of pyridine rings is 1. The van der Waals surface area contributed by atoms with E-state index in [1.54, 1.807) is 53.4 Å². The van der Waals surface area contributed by atoms with Crippen LogP contribution in [0.25, 0.3) is 6.08 Å². The Morgan fingerprint density at radius 3 is 2.00 bits per heavy atom. The van der Waals surface area contributed by atoms with Gasteiger partial charge in [-0.25, -0.2) is 0 Å². The molecule has 2 aromatic carbocycles. The van der Waals surface area contributed by atoms with Crippen molar-refractivity contribution < 1.29 is 14.2 Å². The predicted molar refractivity (Wildman–Crippen MR) is 97.2 cm³/mol. The molecule has 122 valence electrons. The summed E-state index contributed by atoms with van der Waals surface area (Å²) in [6.07, 6.45) is 6.86. The second-order valence-corrected chi connectivity index (χ2v) is 5.66. The Labute approximate surface area is 146 Å². The predicted octanol–water partition coefficient (Wildman–Crippen LogP) is 3.75. The second-order valence-electron chi connectivity index (χ2n) is 5.66. The first kappa shape index (κ1) is 16.5. The molecule has 0 radical (unpaired) electrons. The van der Waals surface area contributed by atoms with Gasteiger partial charge in [0.2, 0.25) is 12.3 Å². The summed E-state index contributed by atoms with van der Waals surface area (Å²) < 4.78 is 1.77. The van der Waals surface area contributed by atoms with Gasteiger partial charge in [-0.05, 0) is 11.6 Å². The number of carbonyl (C=O) groups is 2. The highest BCUT2D eigenvalue weighted by Gasteiger charge is 2.12. The Hall–Kier alpha value is -3.33. The van der Waals surface area contributed by atoms with E-state index in [0.717, 1.165) is 5.56 Å². The maximum absolute atomic E-state index is 12.2. The lowest BCUT2D eigenvalue weighted by Crippen LogP contribution is -2.37. The molecule has 0 aliphatic heterocycles. The van der Waals surface area contributed by atoms with Crippen LogP contribution in [0.5, 0.6) is 0 Å². The number of Topliss-reactive ketones (excluding diaryl/α,β-unsaturated/α-hetero) is 1. The third-order valence-corrected chi connectivity index (χ3v) is 3.82. The van der Waals surface area contributed by atoms with Crippen LogP contribution in [0.2, 0.25) is 0 Å². The molecular weight excluding hydrogens is 310 g/mol. The molecule has 0 aliphatic rings. The Kier molecular flexibility index (Phi) is 5.27. The summed E-state index contributed by atoms with van der Waals surface area (Å²) in [6, 6.07) is 22.3. The zero-order valence-electron chi connectivity index (χ0n) is 13.7. The first-order valence-electron chi connectivity index (χ1n) is 8.07. The molecule has 3 aromatic rings. The van der Waals surface area contributed by atoms with Crippen molar-refractivity contribution in [2.75, 3.05) is 0 Å². The van der Waals surface area contributed by atoms with E-state index in [4.69, 9.17) is 0 Å². The van der Waals surface area contributed by atoms with Crippen LogP contribution < -0.4 is 4.57 Å². The summed E-state index contributed by atoms with van der Waals surface area (Å²) in [4.78, 5) is 24.4. The van der Waals surface area contributed by atoms with Crippen molar-refractivity contribution in [3.63, 3.8) is 0 Å². The lowest BCUT2D eigenvalue weighted by atomic mass is 10.1. The number of aromatic nitrogens is 1. The zero-order chi connectivity index (χ0) is 17.5. The molecule has 0 atom stereocenters. The summed E-state index contributed by atoms with van der Waals surface area (Å²) in [6.45, 7) is 0.248. The van der Waals surface area contributed by atoms with Crippen LogP contribution in [-0.4, -0.2) is 11.6 Å². The van der Waals surface area contributed by atoms with E-state index in [0.29, 0.717) is 11.1 Å². The lowest BCUT2D eigenvalue weighted by Gasteiger charge is -1.99. The fourth-order valence-electron chi connectivity index (χ4n) is 2.44. The van der Waals surface area contributed by atoms with E-state index in [-0.39, 0.29) is 18.1 Å². The molecular formula is C22H18NO2+. The second kappa shape index (κ2) is 7.97. The fraction of sp³-hybridized carbons (Fsp3) is 0.0455. The van der Waals surface area contributed by atoms with Crippen LogP contribution in [-0.2, 0) is 6.54 Å². The third kappa shape index (κ3) is 4.58. The van der Waals surface area contributed by atoms with E-state index < -0.39 is 0 Å². The Balaban J connectivity index is 1.65. The average molecular weight is 328 g/mol. The van der Waals surface area contributed by atoms with Crippen molar-refractivity contribution in [1.29, 1.82) is 0 Å². The topological polar surface area (TPSA) is 38.0 Å². The number of hydrogen-bond acceptors (Lipinski definition) is 2. The van der Waals surface area contributed by atoms with Gasteiger partial charge < -0.3 is 0 Å². The molecule has 0 saturated heterocycles. The molecule has 1 heterocycles. The fourth-order valence-corrected chi connectivity index (χ4v) is 2.44. The van der Waals surface area contributed by atoms with Gasteiger partial charge in [0.15, 0.2) is 18.2 Å². The smallest absolute Gasteiger partial charge is 0.227 e. The number of hydrogen-bond donors (Lipinski definition) is 0. The minimum Gasteiger partial charge on any atom is -0.289 e. The number of ketones is 2. The highest BCUT2D eigenvalue weighted by molar-refractivity contribution is 6.06. The van der Waals surface area contributed by atoms with E-state index in [1.165, 1.54) is 0 Å². The maximum Gasteiger partial charge on any atom is 0.227 e. The number of benzene rings is 2. The maximum atomic E-state index is 12.2. The van der Waals surface area contributed by atoms with Gasteiger partial charge in [-0.1, -0.05) is 66.7 Å². The number of rotatable bonds is 6. The quantitative estimate of drug-likeness (QED) is 0.393. The van der Waals surface area contributed by atoms with Crippen molar-refractivity contribution >= 4 is 17.6 Å². The summed E-state index contributed by atoms with van der Waals surface area (Å²) in [5, 5.41) is 0. The summed E-state index contributed by atoms with van der Waals surface area (Å²) in [5.74, 6) is -0.0287. The molecule has 1 aromatic heterocycles. The molecule has 3 heteroatoms. The Bertz CT molecular complexity index is 882. The van der Waals surface area contributed by atoms with Gasteiger partial charge in [0.1, 0.15) is 0 Å². The summed E-state index contributed by atoms with van der Waals surface area (Å²) in [7, 11) is 0. The van der Waals surface area contributed by atoms with Crippen LogP contribution in [0.3, 0.4) is 0 Å². The van der Waals surface area contributed by atoms with E-state index in [2.05, 4.69) is 0 Å². The van der Waals surface area contributed by atoms with Gasteiger partial charge in [-0.3, -0.25) is 9.59 Å².